The van der Waals surface area contributed by atoms with Crippen molar-refractivity contribution in [2.24, 2.45) is 5.92 Å². The first-order valence-corrected chi connectivity index (χ1v) is 11.7. The van der Waals surface area contributed by atoms with Gasteiger partial charge in [0.05, 0.1) is 19.7 Å². The molecule has 2 aromatic rings. The summed E-state index contributed by atoms with van der Waals surface area (Å²) in [5.41, 5.74) is 2.28. The molecule has 2 amide bonds. The van der Waals surface area contributed by atoms with Gasteiger partial charge in [0, 0.05) is 44.0 Å². The third-order valence-electron chi connectivity index (χ3n) is 6.31. The molecule has 1 fully saturated rings. The average molecular weight is 440 g/mol. The Kier molecular flexibility index (Phi) is 8.91. The first kappa shape index (κ1) is 24.1. The van der Waals surface area contributed by atoms with E-state index in [1.54, 1.807) is 12.0 Å². The van der Waals surface area contributed by atoms with Crippen LogP contribution in [0.4, 0.5) is 0 Å². The minimum absolute atomic E-state index is 0.00160. The number of hydrogen-bond donors (Lipinski definition) is 0. The summed E-state index contributed by atoms with van der Waals surface area (Å²) in [5.74, 6) is 0.167. The van der Waals surface area contributed by atoms with E-state index in [-0.39, 0.29) is 30.3 Å². The maximum atomic E-state index is 13.3. The van der Waals surface area contributed by atoms with E-state index in [2.05, 4.69) is 22.8 Å². The zero-order valence-corrected chi connectivity index (χ0v) is 19.7. The zero-order chi connectivity index (χ0) is 22.9. The minimum atomic E-state index is -0.0328. The summed E-state index contributed by atoms with van der Waals surface area (Å²) < 4.78 is 7.44. The van der Waals surface area contributed by atoms with Crippen LogP contribution >= 0.6 is 0 Å². The molecule has 0 bridgehead atoms. The van der Waals surface area contributed by atoms with Gasteiger partial charge in [-0.25, -0.2) is 0 Å². The molecule has 0 aliphatic heterocycles. The summed E-state index contributed by atoms with van der Waals surface area (Å²) in [6.45, 7) is 6.31. The summed E-state index contributed by atoms with van der Waals surface area (Å²) in [6, 6.07) is 14.4. The topological polar surface area (TPSA) is 54.8 Å². The second-order valence-corrected chi connectivity index (χ2v) is 8.96. The second kappa shape index (κ2) is 11.9. The lowest BCUT2D eigenvalue weighted by atomic mass is 10.1. The highest BCUT2D eigenvalue weighted by Gasteiger charge is 2.31. The van der Waals surface area contributed by atoms with Gasteiger partial charge in [-0.15, -0.1) is 0 Å². The number of hydrogen-bond acceptors (Lipinski definition) is 3. The van der Waals surface area contributed by atoms with E-state index < -0.39 is 0 Å². The number of carbonyl (C=O) groups excluding carboxylic acids is 2. The lowest BCUT2D eigenvalue weighted by Crippen LogP contribution is -2.48. The Bertz CT molecular complexity index is 856. The molecule has 0 atom stereocenters. The van der Waals surface area contributed by atoms with Gasteiger partial charge in [-0.1, -0.05) is 43.2 Å². The highest BCUT2D eigenvalue weighted by atomic mass is 16.5. The number of ether oxygens (including phenoxy) is 1. The number of nitrogens with zero attached hydrogens (tertiary/aromatic N) is 3. The molecule has 174 valence electrons. The first-order chi connectivity index (χ1) is 15.5. The van der Waals surface area contributed by atoms with Crippen LogP contribution in [0.15, 0.2) is 48.7 Å². The van der Waals surface area contributed by atoms with Crippen molar-refractivity contribution in [1.82, 2.24) is 14.4 Å². The van der Waals surface area contributed by atoms with Gasteiger partial charge in [0.1, 0.15) is 0 Å². The Balaban J connectivity index is 1.71. The molecular weight excluding hydrogens is 402 g/mol. The molecule has 0 radical (unpaired) electrons. The number of amides is 2. The number of carbonyl (C=O) groups is 2. The van der Waals surface area contributed by atoms with Crippen LogP contribution < -0.4 is 0 Å². The molecule has 6 nitrogen and oxygen atoms in total. The smallest absolute Gasteiger partial charge is 0.242 e. The SMILES string of the molecule is COCCN(Cc1cccn1Cc1ccccc1)C(=O)CN(C(=O)C1CCCC1)C(C)C. The molecular formula is C26H37N3O3. The Labute approximate surface area is 192 Å². The van der Waals surface area contributed by atoms with Gasteiger partial charge < -0.3 is 19.1 Å². The number of benzene rings is 1. The molecule has 1 heterocycles. The fourth-order valence-corrected chi connectivity index (χ4v) is 4.38. The van der Waals surface area contributed by atoms with Gasteiger partial charge in [0.25, 0.3) is 0 Å². The molecule has 6 heteroatoms. The van der Waals surface area contributed by atoms with Crippen LogP contribution in [0.5, 0.6) is 0 Å². The molecule has 0 spiro atoms. The van der Waals surface area contributed by atoms with Crippen molar-refractivity contribution in [3.8, 4) is 0 Å². The van der Waals surface area contributed by atoms with Crippen LogP contribution in [0.3, 0.4) is 0 Å². The van der Waals surface area contributed by atoms with E-state index >= 15 is 0 Å². The van der Waals surface area contributed by atoms with Crippen molar-refractivity contribution in [3.05, 3.63) is 59.9 Å². The van der Waals surface area contributed by atoms with Crippen molar-refractivity contribution in [3.63, 3.8) is 0 Å². The fourth-order valence-electron chi connectivity index (χ4n) is 4.38. The first-order valence-electron chi connectivity index (χ1n) is 11.7. The molecule has 1 aromatic heterocycles. The predicted octanol–water partition coefficient (Wildman–Crippen LogP) is 3.94. The van der Waals surface area contributed by atoms with Crippen LogP contribution in [-0.4, -0.2) is 59.0 Å². The van der Waals surface area contributed by atoms with E-state index in [1.165, 1.54) is 5.56 Å². The van der Waals surface area contributed by atoms with Crippen molar-refractivity contribution in [2.45, 2.75) is 58.7 Å². The van der Waals surface area contributed by atoms with Gasteiger partial charge in [0.15, 0.2) is 0 Å². The number of aromatic nitrogens is 1. The Hall–Kier alpha value is -2.60. The standard InChI is InChI=1S/C26H37N3O3/c1-21(2)29(26(31)23-12-7-8-13-23)20-25(30)28(16-17-32-3)19-24-14-9-15-27(24)18-22-10-5-4-6-11-22/h4-6,9-11,14-15,21,23H,7-8,12-13,16-20H2,1-3H3. The van der Waals surface area contributed by atoms with Gasteiger partial charge in [-0.2, -0.15) is 0 Å². The van der Waals surface area contributed by atoms with Crippen molar-refractivity contribution >= 4 is 11.8 Å². The summed E-state index contributed by atoms with van der Waals surface area (Å²) in [5, 5.41) is 0. The van der Waals surface area contributed by atoms with Crippen LogP contribution in [0, 0.1) is 5.92 Å². The number of methoxy groups -OCH3 is 1. The van der Waals surface area contributed by atoms with E-state index in [1.807, 2.05) is 49.2 Å². The monoisotopic (exact) mass is 439 g/mol. The molecule has 3 rings (SSSR count). The van der Waals surface area contributed by atoms with E-state index in [9.17, 15) is 9.59 Å². The van der Waals surface area contributed by atoms with Gasteiger partial charge >= 0.3 is 0 Å². The van der Waals surface area contributed by atoms with Crippen molar-refractivity contribution < 1.29 is 14.3 Å². The largest absolute Gasteiger partial charge is 0.383 e. The molecule has 1 aromatic carbocycles. The maximum Gasteiger partial charge on any atom is 0.242 e. The normalized spacial score (nSPS) is 14.1. The van der Waals surface area contributed by atoms with Gasteiger partial charge in [-0.3, -0.25) is 9.59 Å². The van der Waals surface area contributed by atoms with Crippen molar-refractivity contribution in [1.29, 1.82) is 0 Å². The van der Waals surface area contributed by atoms with Gasteiger partial charge in [-0.05, 0) is 44.4 Å². The highest BCUT2D eigenvalue weighted by Crippen LogP contribution is 2.27. The zero-order valence-electron chi connectivity index (χ0n) is 19.7. The van der Waals surface area contributed by atoms with E-state index in [0.29, 0.717) is 19.7 Å². The Morgan fingerprint density at radius 2 is 1.81 bits per heavy atom. The molecule has 32 heavy (non-hydrogen) atoms. The summed E-state index contributed by atoms with van der Waals surface area (Å²) in [4.78, 5) is 30.0. The quantitative estimate of drug-likeness (QED) is 0.533. The minimum Gasteiger partial charge on any atom is -0.383 e. The summed E-state index contributed by atoms with van der Waals surface area (Å²) in [6.07, 6.45) is 6.14. The van der Waals surface area contributed by atoms with E-state index in [4.69, 9.17) is 4.74 Å². The predicted molar refractivity (Wildman–Crippen MR) is 126 cm³/mol. The second-order valence-electron chi connectivity index (χ2n) is 8.96. The third kappa shape index (κ3) is 6.45. The maximum absolute atomic E-state index is 13.3. The van der Waals surface area contributed by atoms with Crippen LogP contribution in [0.2, 0.25) is 0 Å². The average Bonchev–Trinajstić information content (AvgIpc) is 3.47. The molecule has 0 saturated heterocycles. The van der Waals surface area contributed by atoms with Gasteiger partial charge in [0.2, 0.25) is 11.8 Å². The van der Waals surface area contributed by atoms with E-state index in [0.717, 1.165) is 37.9 Å². The lowest BCUT2D eigenvalue weighted by molar-refractivity contribution is -0.145. The lowest BCUT2D eigenvalue weighted by Gasteiger charge is -2.32. The Morgan fingerprint density at radius 3 is 2.47 bits per heavy atom. The van der Waals surface area contributed by atoms with Crippen LogP contribution in [0.1, 0.15) is 50.8 Å². The van der Waals surface area contributed by atoms with Crippen LogP contribution in [0.25, 0.3) is 0 Å². The summed E-state index contributed by atoms with van der Waals surface area (Å²) >= 11 is 0. The molecule has 1 saturated carbocycles. The Morgan fingerprint density at radius 1 is 1.09 bits per heavy atom. The molecule has 1 aliphatic carbocycles. The molecule has 0 unspecified atom stereocenters. The molecule has 0 N–H and O–H groups in total. The molecule has 1 aliphatic rings. The van der Waals surface area contributed by atoms with Crippen LogP contribution in [-0.2, 0) is 27.4 Å². The third-order valence-corrected chi connectivity index (χ3v) is 6.31. The fraction of sp³-hybridized carbons (Fsp3) is 0.538. The summed E-state index contributed by atoms with van der Waals surface area (Å²) in [7, 11) is 1.64. The highest BCUT2D eigenvalue weighted by molar-refractivity contribution is 5.86. The van der Waals surface area contributed by atoms with Crippen molar-refractivity contribution in [2.75, 3.05) is 26.8 Å². The number of rotatable bonds is 11.